The Hall–Kier alpha value is -3.11. The lowest BCUT2D eigenvalue weighted by atomic mass is 9.93. The lowest BCUT2D eigenvalue weighted by Crippen LogP contribution is -2.43. The van der Waals surface area contributed by atoms with Crippen molar-refractivity contribution in [3.63, 3.8) is 0 Å². The van der Waals surface area contributed by atoms with E-state index in [0.29, 0.717) is 17.5 Å². The largest absolute Gasteiger partial charge is 0.508 e. The first-order chi connectivity index (χ1) is 18.3. The number of aliphatic hydroxyl groups is 2. The number of alkyl halides is 3. The van der Waals surface area contributed by atoms with Crippen LogP contribution in [-0.4, -0.2) is 33.3 Å². The zero-order valence-corrected chi connectivity index (χ0v) is 22.4. The molecule has 6 nitrogen and oxygen atoms in total. The molecule has 39 heavy (non-hydrogen) atoms. The van der Waals surface area contributed by atoms with Gasteiger partial charge in [0.2, 0.25) is 5.91 Å². The van der Waals surface area contributed by atoms with E-state index < -0.39 is 23.4 Å². The van der Waals surface area contributed by atoms with Crippen LogP contribution in [0.5, 0.6) is 5.75 Å². The van der Waals surface area contributed by atoms with Crippen molar-refractivity contribution in [1.29, 1.82) is 0 Å². The third-order valence-corrected chi connectivity index (χ3v) is 6.65. The summed E-state index contributed by atoms with van der Waals surface area (Å²) in [4.78, 5) is 12.5. The number of benzene rings is 3. The first kappa shape index (κ1) is 30.4. The van der Waals surface area contributed by atoms with Crippen LogP contribution in [0.4, 0.5) is 13.2 Å². The Morgan fingerprint density at radius 2 is 1.72 bits per heavy atom. The zero-order valence-electron chi connectivity index (χ0n) is 21.6. The molecule has 0 radical (unpaired) electrons. The Balaban J connectivity index is 1.55. The molecule has 0 bridgehead atoms. The van der Waals surface area contributed by atoms with Crippen molar-refractivity contribution in [2.45, 2.75) is 57.7 Å². The van der Waals surface area contributed by atoms with E-state index in [2.05, 4.69) is 10.6 Å². The second-order valence-corrected chi connectivity index (χ2v) is 10.5. The van der Waals surface area contributed by atoms with Gasteiger partial charge in [0.1, 0.15) is 5.75 Å². The van der Waals surface area contributed by atoms with Crippen molar-refractivity contribution in [3.05, 3.63) is 99.1 Å². The zero-order chi connectivity index (χ0) is 28.8. The van der Waals surface area contributed by atoms with Crippen LogP contribution in [0.25, 0.3) is 0 Å². The average molecular weight is 565 g/mol. The predicted molar refractivity (Wildman–Crippen MR) is 143 cm³/mol. The molecular formula is C29H32ClF3N2O4. The molecule has 3 aromatic rings. The molecule has 0 aliphatic heterocycles. The number of rotatable bonds is 11. The van der Waals surface area contributed by atoms with Crippen molar-refractivity contribution < 1.29 is 33.3 Å². The van der Waals surface area contributed by atoms with Gasteiger partial charge in [-0.3, -0.25) is 4.79 Å². The molecule has 210 valence electrons. The summed E-state index contributed by atoms with van der Waals surface area (Å²) >= 11 is 6.01. The van der Waals surface area contributed by atoms with Gasteiger partial charge in [-0.25, -0.2) is 0 Å². The lowest BCUT2D eigenvalue weighted by molar-refractivity contribution is -0.137. The van der Waals surface area contributed by atoms with Crippen molar-refractivity contribution in [3.8, 4) is 5.75 Å². The van der Waals surface area contributed by atoms with Gasteiger partial charge < -0.3 is 26.0 Å². The van der Waals surface area contributed by atoms with Gasteiger partial charge in [-0.15, -0.1) is 0 Å². The van der Waals surface area contributed by atoms with Crippen molar-refractivity contribution in [1.82, 2.24) is 10.6 Å². The van der Waals surface area contributed by atoms with Gasteiger partial charge >= 0.3 is 6.18 Å². The average Bonchev–Trinajstić information content (AvgIpc) is 2.86. The summed E-state index contributed by atoms with van der Waals surface area (Å²) < 4.78 is 39.0. The predicted octanol–water partition coefficient (Wildman–Crippen LogP) is 5.06. The van der Waals surface area contributed by atoms with E-state index in [1.807, 2.05) is 32.0 Å². The molecule has 0 saturated heterocycles. The second kappa shape index (κ2) is 12.8. The number of hydrogen-bond donors (Lipinski definition) is 5. The lowest BCUT2D eigenvalue weighted by Gasteiger charge is -2.28. The molecule has 0 aromatic heterocycles. The van der Waals surface area contributed by atoms with E-state index >= 15 is 0 Å². The molecule has 3 rings (SSSR count). The van der Waals surface area contributed by atoms with Crippen molar-refractivity contribution in [2.75, 3.05) is 6.54 Å². The number of halogens is 4. The maximum atomic E-state index is 13.0. The SMILES string of the molecule is CC(C)(Cc1cccc(CC(=O)NCc2cc(C(F)(F)F)ccc2Cl)c1)NC[C@@H](O)c1ccc(O)c(CO)c1. The van der Waals surface area contributed by atoms with Crippen molar-refractivity contribution >= 4 is 17.5 Å². The number of aromatic hydroxyl groups is 1. The fraction of sp³-hybridized carbons (Fsp3) is 0.345. The van der Waals surface area contributed by atoms with Gasteiger partial charge in [0, 0.05) is 29.2 Å². The third kappa shape index (κ3) is 8.96. The quantitative estimate of drug-likeness (QED) is 0.224. The van der Waals surface area contributed by atoms with E-state index in [-0.39, 0.29) is 48.4 Å². The summed E-state index contributed by atoms with van der Waals surface area (Å²) in [5.74, 6) is -0.382. The number of aliphatic hydroxyl groups excluding tert-OH is 2. The standard InChI is InChI=1S/C29H32ClF3N2O4/c1-28(2,35-16-26(38)20-6-9-25(37)22(12-20)17-36)14-19-5-3-4-18(10-19)11-27(39)34-15-21-13-23(29(31,32)33)7-8-24(21)30/h3-10,12-13,26,35-38H,11,14-17H2,1-2H3,(H,34,39)/t26-/m1/s1. The Labute approximate surface area is 230 Å². The maximum absolute atomic E-state index is 13.0. The monoisotopic (exact) mass is 564 g/mol. The molecule has 0 aliphatic carbocycles. The van der Waals surface area contributed by atoms with E-state index in [0.717, 1.165) is 23.3 Å². The van der Waals surface area contributed by atoms with Gasteiger partial charge in [0.05, 0.1) is 24.7 Å². The summed E-state index contributed by atoms with van der Waals surface area (Å²) in [7, 11) is 0. The molecule has 5 N–H and O–H groups in total. The molecule has 1 atom stereocenters. The molecule has 0 heterocycles. The fourth-order valence-electron chi connectivity index (χ4n) is 4.18. The normalized spacial score (nSPS) is 12.8. The Morgan fingerprint density at radius 1 is 1.00 bits per heavy atom. The molecule has 0 saturated carbocycles. The Bertz CT molecular complexity index is 1300. The van der Waals surface area contributed by atoms with E-state index in [1.54, 1.807) is 18.2 Å². The summed E-state index contributed by atoms with van der Waals surface area (Å²) in [6, 6.07) is 15.0. The molecule has 0 unspecified atom stereocenters. The topological polar surface area (TPSA) is 102 Å². The van der Waals surface area contributed by atoms with Crippen LogP contribution in [0.15, 0.2) is 60.7 Å². The Kier molecular flexibility index (Phi) is 10.0. The minimum atomic E-state index is -4.50. The maximum Gasteiger partial charge on any atom is 0.416 e. The summed E-state index contributed by atoms with van der Waals surface area (Å²) in [6.07, 6.45) is -4.72. The third-order valence-electron chi connectivity index (χ3n) is 6.28. The van der Waals surface area contributed by atoms with Crippen LogP contribution in [-0.2, 0) is 37.0 Å². The first-order valence-electron chi connectivity index (χ1n) is 12.3. The van der Waals surface area contributed by atoms with Crippen LogP contribution >= 0.6 is 11.6 Å². The number of carbonyl (C=O) groups excluding carboxylic acids is 1. The van der Waals surface area contributed by atoms with Crippen molar-refractivity contribution in [2.24, 2.45) is 0 Å². The molecule has 1 amide bonds. The molecule has 0 spiro atoms. The molecule has 10 heteroatoms. The highest BCUT2D eigenvalue weighted by Gasteiger charge is 2.31. The second-order valence-electron chi connectivity index (χ2n) is 10.1. The number of amides is 1. The molecule has 0 fully saturated rings. The summed E-state index contributed by atoms with van der Waals surface area (Å²) in [5, 5.41) is 35.7. The van der Waals surface area contributed by atoms with Crippen LogP contribution in [0.2, 0.25) is 5.02 Å². The number of β-amino-alcohol motifs (C(OH)–C–C–N with tert-alkyl or cyclic N) is 1. The summed E-state index contributed by atoms with van der Waals surface area (Å²) in [6.45, 7) is 3.74. The number of phenols is 1. The van der Waals surface area contributed by atoms with Gasteiger partial charge in [0.15, 0.2) is 0 Å². The highest BCUT2D eigenvalue weighted by atomic mass is 35.5. The summed E-state index contributed by atoms with van der Waals surface area (Å²) in [5.41, 5.74) is 1.55. The van der Waals surface area contributed by atoms with Gasteiger partial charge in [0.25, 0.3) is 0 Å². The first-order valence-corrected chi connectivity index (χ1v) is 12.7. The van der Waals surface area contributed by atoms with Crippen LogP contribution < -0.4 is 10.6 Å². The van der Waals surface area contributed by atoms with E-state index in [4.69, 9.17) is 11.6 Å². The minimum Gasteiger partial charge on any atom is -0.508 e. The minimum absolute atomic E-state index is 0.0326. The van der Waals surface area contributed by atoms with E-state index in [9.17, 15) is 33.3 Å². The Morgan fingerprint density at radius 3 is 2.41 bits per heavy atom. The number of nitrogens with one attached hydrogen (secondary N) is 2. The number of hydrogen-bond acceptors (Lipinski definition) is 5. The van der Waals surface area contributed by atoms with Crippen LogP contribution in [0, 0.1) is 0 Å². The van der Waals surface area contributed by atoms with Gasteiger partial charge in [-0.2, -0.15) is 13.2 Å². The highest BCUT2D eigenvalue weighted by molar-refractivity contribution is 6.31. The number of carbonyl (C=O) groups is 1. The fourth-order valence-corrected chi connectivity index (χ4v) is 4.37. The molecule has 0 aliphatic rings. The molecule has 3 aromatic carbocycles. The smallest absolute Gasteiger partial charge is 0.416 e. The molecular weight excluding hydrogens is 533 g/mol. The van der Waals surface area contributed by atoms with E-state index in [1.165, 1.54) is 12.1 Å². The van der Waals surface area contributed by atoms with Crippen LogP contribution in [0.1, 0.15) is 53.3 Å². The van der Waals surface area contributed by atoms with Crippen LogP contribution in [0.3, 0.4) is 0 Å². The highest BCUT2D eigenvalue weighted by Crippen LogP contribution is 2.31. The van der Waals surface area contributed by atoms with Gasteiger partial charge in [-0.05, 0) is 72.9 Å². The van der Waals surface area contributed by atoms with Gasteiger partial charge in [-0.1, -0.05) is 41.9 Å².